The van der Waals surface area contributed by atoms with Gasteiger partial charge in [-0.15, -0.1) is 0 Å². The van der Waals surface area contributed by atoms with Crippen molar-refractivity contribution in [1.82, 2.24) is 10.2 Å². The highest BCUT2D eigenvalue weighted by molar-refractivity contribution is 5.74. The number of carbonyl (C=O) groups is 2. The van der Waals surface area contributed by atoms with E-state index in [-0.39, 0.29) is 24.5 Å². The summed E-state index contributed by atoms with van der Waals surface area (Å²) in [6, 6.07) is -0.104. The number of aliphatic carboxylic acids is 1. The maximum Gasteiger partial charge on any atom is 0.317 e. The largest absolute Gasteiger partial charge is 0.481 e. The number of hydrogen-bond donors (Lipinski definition) is 2. The molecule has 0 aromatic rings. The summed E-state index contributed by atoms with van der Waals surface area (Å²) in [5, 5.41) is 11.4. The molecule has 0 aromatic heterocycles. The SMILES string of the molecule is CCOC1CCN(C(=O)NCC(C)CC(=O)O)CC1. The van der Waals surface area contributed by atoms with Gasteiger partial charge >= 0.3 is 12.0 Å². The number of hydrogen-bond acceptors (Lipinski definition) is 3. The van der Waals surface area contributed by atoms with Gasteiger partial charge in [0.2, 0.25) is 0 Å². The number of carboxylic acid groups (broad SMARTS) is 1. The van der Waals surface area contributed by atoms with Gasteiger partial charge in [-0.25, -0.2) is 4.79 Å². The molecule has 0 radical (unpaired) electrons. The van der Waals surface area contributed by atoms with Crippen molar-refractivity contribution in [3.63, 3.8) is 0 Å². The smallest absolute Gasteiger partial charge is 0.317 e. The first-order valence-corrected chi connectivity index (χ1v) is 6.89. The average molecular weight is 272 g/mol. The molecule has 1 unspecified atom stereocenters. The summed E-state index contributed by atoms with van der Waals surface area (Å²) in [5.41, 5.74) is 0. The molecule has 6 nitrogen and oxygen atoms in total. The van der Waals surface area contributed by atoms with Gasteiger partial charge in [0.05, 0.1) is 6.10 Å². The monoisotopic (exact) mass is 272 g/mol. The molecule has 110 valence electrons. The molecule has 2 amide bonds. The molecule has 0 spiro atoms. The second-order valence-corrected chi connectivity index (χ2v) is 5.03. The van der Waals surface area contributed by atoms with Crippen LogP contribution in [0, 0.1) is 5.92 Å². The number of ether oxygens (including phenoxy) is 1. The number of rotatable bonds is 6. The molecule has 1 heterocycles. The number of amides is 2. The molecule has 0 aromatic carbocycles. The van der Waals surface area contributed by atoms with Crippen LogP contribution >= 0.6 is 0 Å². The topological polar surface area (TPSA) is 78.9 Å². The molecule has 0 bridgehead atoms. The van der Waals surface area contributed by atoms with E-state index in [4.69, 9.17) is 9.84 Å². The van der Waals surface area contributed by atoms with Crippen LogP contribution in [0.5, 0.6) is 0 Å². The Kier molecular flexibility index (Phi) is 6.62. The van der Waals surface area contributed by atoms with Crippen LogP contribution in [-0.4, -0.2) is 54.4 Å². The van der Waals surface area contributed by atoms with Crippen molar-refractivity contribution in [2.24, 2.45) is 5.92 Å². The first-order valence-electron chi connectivity index (χ1n) is 6.89. The number of carboxylic acids is 1. The van der Waals surface area contributed by atoms with Crippen LogP contribution in [0.3, 0.4) is 0 Å². The zero-order valence-electron chi connectivity index (χ0n) is 11.7. The number of piperidine rings is 1. The number of nitrogens with zero attached hydrogens (tertiary/aromatic N) is 1. The number of carbonyl (C=O) groups excluding carboxylic acids is 1. The van der Waals surface area contributed by atoms with E-state index in [1.165, 1.54) is 0 Å². The summed E-state index contributed by atoms with van der Waals surface area (Å²) in [7, 11) is 0. The highest BCUT2D eigenvalue weighted by atomic mass is 16.5. The molecule has 1 aliphatic rings. The number of likely N-dealkylation sites (tertiary alicyclic amines) is 1. The van der Waals surface area contributed by atoms with Gasteiger partial charge in [-0.1, -0.05) is 6.92 Å². The molecule has 1 rings (SSSR count). The summed E-state index contributed by atoms with van der Waals surface area (Å²) in [5.74, 6) is -0.887. The van der Waals surface area contributed by atoms with E-state index in [9.17, 15) is 9.59 Å². The van der Waals surface area contributed by atoms with Crippen molar-refractivity contribution in [2.75, 3.05) is 26.2 Å². The van der Waals surface area contributed by atoms with E-state index in [1.54, 1.807) is 4.90 Å². The molecule has 1 aliphatic heterocycles. The van der Waals surface area contributed by atoms with Crippen LogP contribution in [0.4, 0.5) is 4.79 Å². The van der Waals surface area contributed by atoms with Gasteiger partial charge in [-0.2, -0.15) is 0 Å². The zero-order chi connectivity index (χ0) is 14.3. The Morgan fingerprint density at radius 3 is 2.58 bits per heavy atom. The zero-order valence-corrected chi connectivity index (χ0v) is 11.7. The lowest BCUT2D eigenvalue weighted by Crippen LogP contribution is -2.46. The Labute approximate surface area is 114 Å². The van der Waals surface area contributed by atoms with Gasteiger partial charge < -0.3 is 20.1 Å². The molecule has 0 aliphatic carbocycles. The lowest BCUT2D eigenvalue weighted by molar-refractivity contribution is -0.137. The van der Waals surface area contributed by atoms with Crippen molar-refractivity contribution in [3.8, 4) is 0 Å². The van der Waals surface area contributed by atoms with Crippen LogP contribution in [0.1, 0.15) is 33.1 Å². The van der Waals surface area contributed by atoms with Gasteiger partial charge in [0.25, 0.3) is 0 Å². The maximum atomic E-state index is 11.9. The molecule has 1 saturated heterocycles. The van der Waals surface area contributed by atoms with Crippen LogP contribution in [-0.2, 0) is 9.53 Å². The van der Waals surface area contributed by atoms with E-state index < -0.39 is 5.97 Å². The van der Waals surface area contributed by atoms with Crippen LogP contribution in [0.25, 0.3) is 0 Å². The third-order valence-electron chi connectivity index (χ3n) is 3.26. The predicted octanol–water partition coefficient (Wildman–Crippen LogP) is 1.31. The second kappa shape index (κ2) is 7.99. The van der Waals surface area contributed by atoms with Crippen molar-refractivity contribution in [3.05, 3.63) is 0 Å². The Balaban J connectivity index is 2.22. The summed E-state index contributed by atoms with van der Waals surface area (Å²) >= 11 is 0. The quantitative estimate of drug-likeness (QED) is 0.764. The molecule has 0 saturated carbocycles. The Morgan fingerprint density at radius 2 is 2.05 bits per heavy atom. The highest BCUT2D eigenvalue weighted by Crippen LogP contribution is 2.13. The predicted molar refractivity (Wildman–Crippen MR) is 71.0 cm³/mol. The van der Waals surface area contributed by atoms with E-state index in [2.05, 4.69) is 5.32 Å². The van der Waals surface area contributed by atoms with E-state index in [0.29, 0.717) is 26.2 Å². The molecule has 1 fully saturated rings. The van der Waals surface area contributed by atoms with E-state index in [1.807, 2.05) is 13.8 Å². The van der Waals surface area contributed by atoms with E-state index in [0.717, 1.165) is 12.8 Å². The first kappa shape index (κ1) is 15.8. The third kappa shape index (κ3) is 5.92. The fourth-order valence-corrected chi connectivity index (χ4v) is 2.20. The fourth-order valence-electron chi connectivity index (χ4n) is 2.20. The molecular weight excluding hydrogens is 248 g/mol. The Bertz CT molecular complexity index is 301. The molecule has 1 atom stereocenters. The lowest BCUT2D eigenvalue weighted by atomic mass is 10.1. The minimum Gasteiger partial charge on any atom is -0.481 e. The minimum absolute atomic E-state index is 0.0533. The average Bonchev–Trinajstić information content (AvgIpc) is 2.36. The third-order valence-corrected chi connectivity index (χ3v) is 3.26. The van der Waals surface area contributed by atoms with Gasteiger partial charge in [-0.05, 0) is 25.7 Å². The Morgan fingerprint density at radius 1 is 1.42 bits per heavy atom. The van der Waals surface area contributed by atoms with Crippen LogP contribution in [0.2, 0.25) is 0 Å². The van der Waals surface area contributed by atoms with Gasteiger partial charge in [0.15, 0.2) is 0 Å². The van der Waals surface area contributed by atoms with Crippen LogP contribution in [0.15, 0.2) is 0 Å². The van der Waals surface area contributed by atoms with Gasteiger partial charge in [0.1, 0.15) is 0 Å². The molecule has 6 heteroatoms. The number of nitrogens with one attached hydrogen (secondary N) is 1. The molecular formula is C13H24N2O4. The summed E-state index contributed by atoms with van der Waals surface area (Å²) in [6.07, 6.45) is 2.07. The maximum absolute atomic E-state index is 11.9. The van der Waals surface area contributed by atoms with Crippen molar-refractivity contribution >= 4 is 12.0 Å². The lowest BCUT2D eigenvalue weighted by Gasteiger charge is -2.32. The van der Waals surface area contributed by atoms with Crippen molar-refractivity contribution in [1.29, 1.82) is 0 Å². The van der Waals surface area contributed by atoms with Crippen molar-refractivity contribution < 1.29 is 19.4 Å². The van der Waals surface area contributed by atoms with Gasteiger partial charge in [-0.3, -0.25) is 4.79 Å². The first-order chi connectivity index (χ1) is 9.02. The normalized spacial score (nSPS) is 18.1. The minimum atomic E-state index is -0.834. The number of urea groups is 1. The summed E-state index contributed by atoms with van der Waals surface area (Å²) in [4.78, 5) is 24.2. The highest BCUT2D eigenvalue weighted by Gasteiger charge is 2.23. The molecule has 19 heavy (non-hydrogen) atoms. The standard InChI is InChI=1S/C13H24N2O4/c1-3-19-11-4-6-15(7-5-11)13(18)14-9-10(2)8-12(16)17/h10-11H,3-9H2,1-2H3,(H,14,18)(H,16,17). The Hall–Kier alpha value is -1.30. The van der Waals surface area contributed by atoms with Crippen LogP contribution < -0.4 is 5.32 Å². The van der Waals surface area contributed by atoms with Crippen molar-refractivity contribution in [2.45, 2.75) is 39.2 Å². The van der Waals surface area contributed by atoms with Gasteiger partial charge in [0, 0.05) is 32.7 Å². The van der Waals surface area contributed by atoms with E-state index >= 15 is 0 Å². The molecule has 2 N–H and O–H groups in total. The fraction of sp³-hybridized carbons (Fsp3) is 0.846. The summed E-state index contributed by atoms with van der Waals surface area (Å²) < 4.78 is 5.53. The summed E-state index contributed by atoms with van der Waals surface area (Å²) in [6.45, 7) is 6.30. The second-order valence-electron chi connectivity index (χ2n) is 5.03.